The number of hydrogen-bond donors (Lipinski definition) is 3. The molecule has 5 nitrogen and oxygen atoms in total. The number of nitrogens with zero attached hydrogens (tertiary/aromatic N) is 1. The molecular formula is C16H24N4O. The number of hydrogen-bond acceptors (Lipinski definition) is 3. The Kier molecular flexibility index (Phi) is 4.98. The standard InChI is InChI=1S/C16H24N4O/c1-11(20(2)3)9-19-16(21)14(17)8-12-10-18-15-7-5-4-6-13(12)15/h4-7,10-11,14,18H,8-9,17H2,1-3H3,(H,19,21). The quantitative estimate of drug-likeness (QED) is 0.745. The molecule has 4 N–H and O–H groups in total. The van der Waals surface area contributed by atoms with Crippen LogP contribution >= 0.6 is 0 Å². The summed E-state index contributed by atoms with van der Waals surface area (Å²) in [6.07, 6.45) is 2.46. The fraction of sp³-hybridized carbons (Fsp3) is 0.438. The molecule has 1 amide bonds. The molecule has 0 saturated heterocycles. The summed E-state index contributed by atoms with van der Waals surface area (Å²) >= 11 is 0. The van der Waals surface area contributed by atoms with E-state index < -0.39 is 6.04 Å². The third-order valence-corrected chi connectivity index (χ3v) is 3.90. The zero-order valence-corrected chi connectivity index (χ0v) is 12.9. The van der Waals surface area contributed by atoms with Crippen LogP contribution in [-0.4, -0.2) is 48.5 Å². The van der Waals surface area contributed by atoms with Crippen molar-refractivity contribution in [2.45, 2.75) is 25.4 Å². The zero-order valence-electron chi connectivity index (χ0n) is 12.9. The van der Waals surface area contributed by atoms with Crippen LogP contribution in [0.4, 0.5) is 0 Å². The van der Waals surface area contributed by atoms with E-state index in [-0.39, 0.29) is 11.9 Å². The van der Waals surface area contributed by atoms with Crippen LogP contribution in [0.5, 0.6) is 0 Å². The first kappa shape index (κ1) is 15.5. The highest BCUT2D eigenvalue weighted by molar-refractivity contribution is 5.86. The second kappa shape index (κ2) is 6.74. The van der Waals surface area contributed by atoms with Gasteiger partial charge >= 0.3 is 0 Å². The topological polar surface area (TPSA) is 74.1 Å². The van der Waals surface area contributed by atoms with Gasteiger partial charge in [0.2, 0.25) is 5.91 Å². The minimum absolute atomic E-state index is 0.103. The second-order valence-electron chi connectivity index (χ2n) is 5.73. The monoisotopic (exact) mass is 288 g/mol. The van der Waals surface area contributed by atoms with Crippen molar-refractivity contribution in [3.63, 3.8) is 0 Å². The van der Waals surface area contributed by atoms with Gasteiger partial charge in [-0.15, -0.1) is 0 Å². The van der Waals surface area contributed by atoms with Crippen molar-refractivity contribution >= 4 is 16.8 Å². The number of para-hydroxylation sites is 1. The predicted octanol–water partition coefficient (Wildman–Crippen LogP) is 1.10. The number of benzene rings is 1. The molecule has 2 rings (SSSR count). The lowest BCUT2D eigenvalue weighted by Crippen LogP contribution is -2.46. The first-order chi connectivity index (χ1) is 9.99. The van der Waals surface area contributed by atoms with Crippen molar-refractivity contribution in [2.24, 2.45) is 5.73 Å². The highest BCUT2D eigenvalue weighted by Gasteiger charge is 2.17. The SMILES string of the molecule is CC(CNC(=O)C(N)Cc1c[nH]c2ccccc12)N(C)C. The molecule has 0 aliphatic rings. The molecule has 0 bridgehead atoms. The molecule has 2 aromatic rings. The molecule has 1 aromatic heterocycles. The molecule has 2 atom stereocenters. The highest BCUT2D eigenvalue weighted by atomic mass is 16.2. The summed E-state index contributed by atoms with van der Waals surface area (Å²) in [7, 11) is 3.98. The lowest BCUT2D eigenvalue weighted by molar-refractivity contribution is -0.122. The number of aromatic amines is 1. The summed E-state index contributed by atoms with van der Waals surface area (Å²) in [4.78, 5) is 17.3. The van der Waals surface area contributed by atoms with Crippen LogP contribution in [-0.2, 0) is 11.2 Å². The van der Waals surface area contributed by atoms with Gasteiger partial charge in [-0.25, -0.2) is 0 Å². The molecule has 0 aliphatic carbocycles. The van der Waals surface area contributed by atoms with E-state index in [4.69, 9.17) is 5.73 Å². The molecule has 2 unspecified atom stereocenters. The first-order valence-electron chi connectivity index (χ1n) is 7.23. The molecule has 1 aromatic carbocycles. The van der Waals surface area contributed by atoms with Gasteiger partial charge in [-0.3, -0.25) is 4.79 Å². The largest absolute Gasteiger partial charge is 0.361 e. The predicted molar refractivity (Wildman–Crippen MR) is 86.1 cm³/mol. The maximum Gasteiger partial charge on any atom is 0.237 e. The highest BCUT2D eigenvalue weighted by Crippen LogP contribution is 2.18. The van der Waals surface area contributed by atoms with Gasteiger partial charge in [0.25, 0.3) is 0 Å². The number of amides is 1. The van der Waals surface area contributed by atoms with Crippen LogP contribution in [0, 0.1) is 0 Å². The minimum atomic E-state index is -0.529. The van der Waals surface area contributed by atoms with E-state index in [9.17, 15) is 4.79 Å². The van der Waals surface area contributed by atoms with Gasteiger partial charge in [0, 0.05) is 29.7 Å². The number of nitrogens with two attached hydrogens (primary N) is 1. The van der Waals surface area contributed by atoms with Crippen LogP contribution < -0.4 is 11.1 Å². The van der Waals surface area contributed by atoms with Crippen LogP contribution in [0.25, 0.3) is 10.9 Å². The van der Waals surface area contributed by atoms with Crippen molar-refractivity contribution in [3.8, 4) is 0 Å². The average molecular weight is 288 g/mol. The third kappa shape index (κ3) is 3.83. The van der Waals surface area contributed by atoms with E-state index in [0.29, 0.717) is 13.0 Å². The van der Waals surface area contributed by atoms with Crippen LogP contribution in [0.1, 0.15) is 12.5 Å². The summed E-state index contributed by atoms with van der Waals surface area (Å²) in [5.74, 6) is -0.103. The summed E-state index contributed by atoms with van der Waals surface area (Å²) in [5, 5.41) is 4.04. The van der Waals surface area contributed by atoms with Gasteiger partial charge in [-0.2, -0.15) is 0 Å². The maximum atomic E-state index is 12.1. The Morgan fingerprint density at radius 1 is 1.38 bits per heavy atom. The number of rotatable bonds is 6. The van der Waals surface area contributed by atoms with Gasteiger partial charge in [-0.05, 0) is 39.1 Å². The average Bonchev–Trinajstić information content (AvgIpc) is 2.87. The molecule has 114 valence electrons. The van der Waals surface area contributed by atoms with E-state index in [1.807, 2.05) is 44.6 Å². The molecule has 21 heavy (non-hydrogen) atoms. The Morgan fingerprint density at radius 3 is 2.81 bits per heavy atom. The number of aromatic nitrogens is 1. The van der Waals surface area contributed by atoms with Crippen molar-refractivity contribution in [3.05, 3.63) is 36.0 Å². The smallest absolute Gasteiger partial charge is 0.237 e. The fourth-order valence-corrected chi connectivity index (χ4v) is 2.19. The summed E-state index contributed by atoms with van der Waals surface area (Å²) < 4.78 is 0. The molecule has 5 heteroatoms. The number of H-pyrrole nitrogens is 1. The molecule has 0 fully saturated rings. The lowest BCUT2D eigenvalue weighted by atomic mass is 10.1. The molecule has 0 radical (unpaired) electrons. The number of carbonyl (C=O) groups is 1. The minimum Gasteiger partial charge on any atom is -0.361 e. The number of nitrogens with one attached hydrogen (secondary N) is 2. The van der Waals surface area contributed by atoms with Gasteiger partial charge in [0.15, 0.2) is 0 Å². The number of likely N-dealkylation sites (N-methyl/N-ethyl adjacent to an activating group) is 1. The van der Waals surface area contributed by atoms with E-state index in [1.54, 1.807) is 0 Å². The van der Waals surface area contributed by atoms with Crippen molar-refractivity contribution < 1.29 is 4.79 Å². The summed E-state index contributed by atoms with van der Waals surface area (Å²) in [6.45, 7) is 2.67. The molecule has 1 heterocycles. The number of fused-ring (bicyclic) bond motifs is 1. The van der Waals surface area contributed by atoms with Crippen LogP contribution in [0.2, 0.25) is 0 Å². The summed E-state index contributed by atoms with van der Waals surface area (Å²) in [6, 6.07) is 7.79. The van der Waals surface area contributed by atoms with Gasteiger partial charge < -0.3 is 20.9 Å². The van der Waals surface area contributed by atoms with Gasteiger partial charge in [0.1, 0.15) is 0 Å². The van der Waals surface area contributed by atoms with E-state index in [0.717, 1.165) is 16.5 Å². The van der Waals surface area contributed by atoms with Crippen molar-refractivity contribution in [1.29, 1.82) is 0 Å². The van der Waals surface area contributed by atoms with Gasteiger partial charge in [0.05, 0.1) is 6.04 Å². The fourth-order valence-electron chi connectivity index (χ4n) is 2.19. The van der Waals surface area contributed by atoms with E-state index in [2.05, 4.69) is 22.1 Å². The third-order valence-electron chi connectivity index (χ3n) is 3.90. The van der Waals surface area contributed by atoms with E-state index >= 15 is 0 Å². The Labute approximate surface area is 125 Å². The second-order valence-corrected chi connectivity index (χ2v) is 5.73. The Hall–Kier alpha value is -1.85. The molecule has 0 saturated carbocycles. The Balaban J connectivity index is 1.94. The number of carbonyl (C=O) groups excluding carboxylic acids is 1. The Morgan fingerprint density at radius 2 is 2.10 bits per heavy atom. The van der Waals surface area contributed by atoms with Gasteiger partial charge in [-0.1, -0.05) is 18.2 Å². The summed E-state index contributed by atoms with van der Waals surface area (Å²) in [5.41, 5.74) is 8.17. The molecule has 0 aliphatic heterocycles. The van der Waals surface area contributed by atoms with Crippen molar-refractivity contribution in [2.75, 3.05) is 20.6 Å². The molecule has 0 spiro atoms. The first-order valence-corrected chi connectivity index (χ1v) is 7.23. The normalized spacial score (nSPS) is 14.3. The zero-order chi connectivity index (χ0) is 15.4. The van der Waals surface area contributed by atoms with Crippen molar-refractivity contribution in [1.82, 2.24) is 15.2 Å². The van der Waals surface area contributed by atoms with Crippen LogP contribution in [0.3, 0.4) is 0 Å². The van der Waals surface area contributed by atoms with Crippen LogP contribution in [0.15, 0.2) is 30.5 Å². The molecular weight excluding hydrogens is 264 g/mol. The lowest BCUT2D eigenvalue weighted by Gasteiger charge is -2.21. The Bertz CT molecular complexity index is 605. The van der Waals surface area contributed by atoms with E-state index in [1.165, 1.54) is 0 Å². The maximum absolute atomic E-state index is 12.1.